The van der Waals surface area contributed by atoms with Crippen LogP contribution in [0.25, 0.3) is 0 Å². The Hall–Kier alpha value is -1.91. The van der Waals surface area contributed by atoms with Crippen molar-refractivity contribution in [2.45, 2.75) is 32.1 Å². The molecule has 0 radical (unpaired) electrons. The molecule has 5 nitrogen and oxygen atoms in total. The maximum atomic E-state index is 12.3. The van der Waals surface area contributed by atoms with Crippen molar-refractivity contribution in [1.29, 1.82) is 0 Å². The Morgan fingerprint density at radius 2 is 2.18 bits per heavy atom. The minimum Gasteiger partial charge on any atom is -0.356 e. The van der Waals surface area contributed by atoms with E-state index < -0.39 is 0 Å². The van der Waals surface area contributed by atoms with Crippen molar-refractivity contribution in [3.63, 3.8) is 0 Å². The van der Waals surface area contributed by atoms with Gasteiger partial charge in [0.05, 0.1) is 0 Å². The van der Waals surface area contributed by atoms with E-state index in [0.29, 0.717) is 24.7 Å². The lowest BCUT2D eigenvalue weighted by Gasteiger charge is -2.23. The molecular weight excluding hydrogens is 278 g/mol. The molecule has 0 unspecified atom stereocenters. The summed E-state index contributed by atoms with van der Waals surface area (Å²) in [5.41, 5.74) is 1.23. The van der Waals surface area contributed by atoms with Gasteiger partial charge < -0.3 is 10.2 Å². The Kier molecular flexibility index (Phi) is 4.71. The van der Waals surface area contributed by atoms with Crippen molar-refractivity contribution in [1.82, 2.24) is 15.2 Å². The Balaban J connectivity index is 1.38. The van der Waals surface area contributed by atoms with E-state index in [1.807, 2.05) is 17.2 Å². The van der Waals surface area contributed by atoms with E-state index in [9.17, 15) is 9.59 Å². The fourth-order valence-electron chi connectivity index (χ4n) is 3.47. The van der Waals surface area contributed by atoms with Crippen LogP contribution in [0.4, 0.5) is 0 Å². The fraction of sp³-hybridized carbons (Fsp3) is 0.588. The second-order valence-corrected chi connectivity index (χ2v) is 6.40. The number of fused-ring (bicyclic) bond motifs is 1. The molecule has 3 rings (SSSR count). The average Bonchev–Trinajstić information content (AvgIpc) is 2.95. The van der Waals surface area contributed by atoms with E-state index in [0.717, 1.165) is 38.9 Å². The van der Waals surface area contributed by atoms with Gasteiger partial charge in [0, 0.05) is 44.9 Å². The molecule has 22 heavy (non-hydrogen) atoms. The molecule has 2 aliphatic rings. The van der Waals surface area contributed by atoms with E-state index >= 15 is 0 Å². The Bertz CT molecular complexity index is 532. The normalized spacial score (nSPS) is 24.0. The van der Waals surface area contributed by atoms with Crippen LogP contribution in [0.5, 0.6) is 0 Å². The van der Waals surface area contributed by atoms with Crippen molar-refractivity contribution in [3.8, 4) is 0 Å². The van der Waals surface area contributed by atoms with E-state index in [1.54, 1.807) is 6.20 Å². The molecule has 1 N–H and O–H groups in total. The lowest BCUT2D eigenvalue weighted by Crippen LogP contribution is -2.40. The van der Waals surface area contributed by atoms with E-state index in [2.05, 4.69) is 16.4 Å². The summed E-state index contributed by atoms with van der Waals surface area (Å²) in [7, 11) is 0. The van der Waals surface area contributed by atoms with Crippen LogP contribution in [0.15, 0.2) is 24.5 Å². The van der Waals surface area contributed by atoms with E-state index in [-0.39, 0.29) is 11.8 Å². The summed E-state index contributed by atoms with van der Waals surface area (Å²) < 4.78 is 0. The zero-order valence-electron chi connectivity index (χ0n) is 12.8. The molecule has 2 fully saturated rings. The number of hydrogen-bond donors (Lipinski definition) is 1. The van der Waals surface area contributed by atoms with Crippen molar-refractivity contribution in [2.24, 2.45) is 11.8 Å². The van der Waals surface area contributed by atoms with Gasteiger partial charge in [-0.15, -0.1) is 0 Å². The molecule has 1 aromatic rings. The van der Waals surface area contributed by atoms with Crippen LogP contribution in [-0.4, -0.2) is 41.3 Å². The third-order valence-corrected chi connectivity index (χ3v) is 4.77. The Labute approximate surface area is 131 Å². The van der Waals surface area contributed by atoms with Gasteiger partial charge >= 0.3 is 0 Å². The first-order chi connectivity index (χ1) is 10.7. The summed E-state index contributed by atoms with van der Waals surface area (Å²) in [6.07, 6.45) is 7.76. The number of likely N-dealkylation sites (tertiary alicyclic amines) is 1. The highest BCUT2D eigenvalue weighted by Gasteiger charge is 2.38. The molecule has 0 aromatic carbocycles. The number of nitrogens with zero attached hydrogens (tertiary/aromatic N) is 2. The summed E-state index contributed by atoms with van der Waals surface area (Å²) in [5.74, 6) is 1.20. The van der Waals surface area contributed by atoms with Gasteiger partial charge in [-0.2, -0.15) is 0 Å². The number of carbonyl (C=O) groups excluding carboxylic acids is 2. The van der Waals surface area contributed by atoms with Crippen LogP contribution in [0, 0.1) is 11.8 Å². The number of piperidine rings is 1. The first-order valence-corrected chi connectivity index (χ1v) is 8.16. The monoisotopic (exact) mass is 301 g/mol. The lowest BCUT2D eigenvalue weighted by molar-refractivity contribution is -0.130. The van der Waals surface area contributed by atoms with Crippen LogP contribution in [0.3, 0.4) is 0 Å². The van der Waals surface area contributed by atoms with Gasteiger partial charge in [0.1, 0.15) is 0 Å². The molecule has 2 amide bonds. The third kappa shape index (κ3) is 3.64. The number of unbranched alkanes of at least 4 members (excludes halogenated alkanes) is 1. The summed E-state index contributed by atoms with van der Waals surface area (Å²) >= 11 is 0. The molecule has 0 saturated carbocycles. The van der Waals surface area contributed by atoms with Gasteiger partial charge in [0.2, 0.25) is 11.8 Å². The topological polar surface area (TPSA) is 62.3 Å². The maximum Gasteiger partial charge on any atom is 0.222 e. The molecule has 0 spiro atoms. The number of hydrogen-bond acceptors (Lipinski definition) is 3. The summed E-state index contributed by atoms with van der Waals surface area (Å²) in [6, 6.07) is 4.02. The van der Waals surface area contributed by atoms with E-state index in [4.69, 9.17) is 0 Å². The molecule has 1 aromatic heterocycles. The van der Waals surface area contributed by atoms with Crippen molar-refractivity contribution < 1.29 is 9.59 Å². The largest absolute Gasteiger partial charge is 0.356 e. The van der Waals surface area contributed by atoms with Gasteiger partial charge in [-0.1, -0.05) is 6.07 Å². The second-order valence-electron chi connectivity index (χ2n) is 6.40. The van der Waals surface area contributed by atoms with Gasteiger partial charge in [0.15, 0.2) is 0 Å². The first-order valence-electron chi connectivity index (χ1n) is 8.16. The highest BCUT2D eigenvalue weighted by Crippen LogP contribution is 2.29. The molecular formula is C17H23N3O2. The first kappa shape index (κ1) is 15.0. The van der Waals surface area contributed by atoms with Gasteiger partial charge in [0.25, 0.3) is 0 Å². The SMILES string of the molecule is O=C1C[C@@H]2CN(C(=O)CCCCc3cccnc3)C[C@@H]2CN1. The smallest absolute Gasteiger partial charge is 0.222 e. The van der Waals surface area contributed by atoms with Crippen LogP contribution in [0.2, 0.25) is 0 Å². The predicted octanol–water partition coefficient (Wildman–Crippen LogP) is 1.39. The molecule has 5 heteroatoms. The Morgan fingerprint density at radius 1 is 1.32 bits per heavy atom. The highest BCUT2D eigenvalue weighted by molar-refractivity contribution is 5.79. The lowest BCUT2D eigenvalue weighted by atomic mass is 9.89. The maximum absolute atomic E-state index is 12.3. The average molecular weight is 301 g/mol. The zero-order chi connectivity index (χ0) is 15.4. The molecule has 2 saturated heterocycles. The molecule has 118 valence electrons. The number of pyridine rings is 1. The third-order valence-electron chi connectivity index (χ3n) is 4.77. The second kappa shape index (κ2) is 6.90. The van der Waals surface area contributed by atoms with Gasteiger partial charge in [-0.3, -0.25) is 14.6 Å². The van der Waals surface area contributed by atoms with Gasteiger partial charge in [-0.25, -0.2) is 0 Å². The molecule has 2 atom stereocenters. The number of aromatic nitrogens is 1. The van der Waals surface area contributed by atoms with Crippen LogP contribution >= 0.6 is 0 Å². The summed E-state index contributed by atoms with van der Waals surface area (Å²) in [6.45, 7) is 2.31. The highest BCUT2D eigenvalue weighted by atomic mass is 16.2. The van der Waals surface area contributed by atoms with Crippen LogP contribution < -0.4 is 5.32 Å². The molecule has 0 aliphatic carbocycles. The van der Waals surface area contributed by atoms with Gasteiger partial charge in [-0.05, 0) is 42.7 Å². The minimum atomic E-state index is 0.131. The van der Waals surface area contributed by atoms with Crippen LogP contribution in [0.1, 0.15) is 31.2 Å². The fourth-order valence-corrected chi connectivity index (χ4v) is 3.47. The summed E-state index contributed by atoms with van der Waals surface area (Å²) in [5, 5.41) is 2.90. The zero-order valence-corrected chi connectivity index (χ0v) is 12.8. The van der Waals surface area contributed by atoms with Crippen molar-refractivity contribution in [2.75, 3.05) is 19.6 Å². The summed E-state index contributed by atoms with van der Waals surface area (Å²) in [4.78, 5) is 29.8. The molecule has 3 heterocycles. The van der Waals surface area contributed by atoms with Crippen LogP contribution in [-0.2, 0) is 16.0 Å². The number of aryl methyl sites for hydroxylation is 1. The Morgan fingerprint density at radius 3 is 3.00 bits per heavy atom. The molecule has 2 aliphatic heterocycles. The predicted molar refractivity (Wildman–Crippen MR) is 83.0 cm³/mol. The van der Waals surface area contributed by atoms with Crippen molar-refractivity contribution >= 4 is 11.8 Å². The molecule has 0 bridgehead atoms. The standard InChI is InChI=1S/C17H23N3O2/c21-16-8-14-11-20(12-15(14)10-19-16)17(22)6-2-1-4-13-5-3-7-18-9-13/h3,5,7,9,14-15H,1-2,4,6,8,10-12H2,(H,19,21)/t14-,15+/m1/s1. The van der Waals surface area contributed by atoms with E-state index in [1.165, 1.54) is 5.56 Å². The number of rotatable bonds is 5. The number of nitrogens with one attached hydrogen (secondary N) is 1. The minimum absolute atomic E-state index is 0.131. The number of carbonyl (C=O) groups is 2. The number of amides is 2. The van der Waals surface area contributed by atoms with Crippen molar-refractivity contribution in [3.05, 3.63) is 30.1 Å². The quantitative estimate of drug-likeness (QED) is 0.836.